The molecule has 4 rings (SSSR count). The van der Waals surface area contributed by atoms with Crippen molar-refractivity contribution in [1.29, 1.82) is 0 Å². The molecule has 4 aromatic rings. The number of aromatic nitrogens is 3. The highest BCUT2D eigenvalue weighted by molar-refractivity contribution is 7.80. The van der Waals surface area contributed by atoms with Crippen LogP contribution >= 0.6 is 12.6 Å². The molecule has 0 fully saturated rings. The number of hydrogen-bond acceptors (Lipinski definition) is 6. The van der Waals surface area contributed by atoms with Gasteiger partial charge in [-0.25, -0.2) is 4.98 Å². The molecule has 0 unspecified atom stereocenters. The van der Waals surface area contributed by atoms with E-state index in [2.05, 4.69) is 32.9 Å². The fourth-order valence-electron chi connectivity index (χ4n) is 2.55. The number of thiol groups is 1. The largest absolute Gasteiger partial charge is 0.423 e. The van der Waals surface area contributed by atoms with Crippen LogP contribution in [0.15, 0.2) is 78.0 Å². The Labute approximate surface area is 156 Å². The second-order valence-electron chi connectivity index (χ2n) is 5.67. The Hall–Kier alpha value is -3.12. The van der Waals surface area contributed by atoms with Crippen molar-refractivity contribution in [2.45, 2.75) is 11.4 Å². The molecule has 0 bridgehead atoms. The Morgan fingerprint density at radius 2 is 1.81 bits per heavy atom. The van der Waals surface area contributed by atoms with Crippen LogP contribution in [-0.2, 0) is 6.54 Å². The highest BCUT2D eigenvalue weighted by Gasteiger charge is 2.05. The number of para-hydroxylation sites is 1. The molecule has 0 saturated carbocycles. The smallest absolute Gasteiger partial charge is 0.323 e. The third-order valence-corrected chi connectivity index (χ3v) is 4.30. The number of anilines is 1. The average Bonchev–Trinajstić information content (AvgIpc) is 2.68. The van der Waals surface area contributed by atoms with Gasteiger partial charge in [-0.15, -0.1) is 12.6 Å². The number of nitrogens with zero attached hydrogens (tertiary/aromatic N) is 3. The molecule has 0 amide bonds. The van der Waals surface area contributed by atoms with Crippen molar-refractivity contribution in [2.24, 2.45) is 0 Å². The summed E-state index contributed by atoms with van der Waals surface area (Å²) < 4.78 is 5.76. The summed E-state index contributed by atoms with van der Waals surface area (Å²) in [6, 6.07) is 19.8. The lowest BCUT2D eigenvalue weighted by Crippen LogP contribution is -2.03. The highest BCUT2D eigenvalue weighted by atomic mass is 32.1. The van der Waals surface area contributed by atoms with E-state index in [1.807, 2.05) is 54.6 Å². The van der Waals surface area contributed by atoms with Crippen molar-refractivity contribution in [3.63, 3.8) is 0 Å². The molecule has 0 saturated heterocycles. The van der Waals surface area contributed by atoms with E-state index in [9.17, 15) is 0 Å². The molecule has 0 radical (unpaired) electrons. The van der Waals surface area contributed by atoms with Crippen molar-refractivity contribution in [1.82, 2.24) is 15.0 Å². The fourth-order valence-corrected chi connectivity index (χ4v) is 2.79. The maximum atomic E-state index is 5.76. The van der Waals surface area contributed by atoms with Crippen LogP contribution in [0.2, 0.25) is 0 Å². The summed E-state index contributed by atoms with van der Waals surface area (Å²) in [7, 11) is 0. The summed E-state index contributed by atoms with van der Waals surface area (Å²) >= 11 is 4.46. The van der Waals surface area contributed by atoms with Gasteiger partial charge in [0.05, 0.1) is 11.7 Å². The first-order chi connectivity index (χ1) is 12.8. The maximum absolute atomic E-state index is 5.76. The molecule has 1 N–H and O–H groups in total. The highest BCUT2D eigenvalue weighted by Crippen LogP contribution is 2.22. The van der Waals surface area contributed by atoms with Gasteiger partial charge in [-0.05, 0) is 29.8 Å². The topological polar surface area (TPSA) is 59.9 Å². The summed E-state index contributed by atoms with van der Waals surface area (Å²) in [6.45, 7) is 0.619. The van der Waals surface area contributed by atoms with Gasteiger partial charge in [0.1, 0.15) is 11.6 Å². The molecule has 0 aliphatic carbocycles. The normalized spacial score (nSPS) is 10.7. The molecule has 128 valence electrons. The minimum atomic E-state index is 0.270. The molecule has 5 nitrogen and oxygen atoms in total. The van der Waals surface area contributed by atoms with Gasteiger partial charge in [0.15, 0.2) is 0 Å². The van der Waals surface area contributed by atoms with E-state index in [1.54, 1.807) is 18.5 Å². The average molecular weight is 360 g/mol. The van der Waals surface area contributed by atoms with Gasteiger partial charge < -0.3 is 10.1 Å². The van der Waals surface area contributed by atoms with Gasteiger partial charge in [-0.3, -0.25) is 4.98 Å². The van der Waals surface area contributed by atoms with Crippen LogP contribution < -0.4 is 10.1 Å². The molecule has 2 aromatic heterocycles. The Morgan fingerprint density at radius 1 is 0.962 bits per heavy atom. The van der Waals surface area contributed by atoms with E-state index in [0.717, 1.165) is 21.4 Å². The van der Waals surface area contributed by atoms with Crippen LogP contribution in [0.25, 0.3) is 10.9 Å². The monoisotopic (exact) mass is 360 g/mol. The Balaban J connectivity index is 1.49. The molecule has 0 atom stereocenters. The third kappa shape index (κ3) is 3.75. The van der Waals surface area contributed by atoms with Gasteiger partial charge in [-0.1, -0.05) is 36.4 Å². The van der Waals surface area contributed by atoms with Crippen LogP contribution in [0.3, 0.4) is 0 Å². The first-order valence-electron chi connectivity index (χ1n) is 8.14. The van der Waals surface area contributed by atoms with Crippen LogP contribution in [0, 0.1) is 0 Å². The first-order valence-corrected chi connectivity index (χ1v) is 8.59. The molecule has 0 aliphatic rings. The molecular formula is C20H16N4OS. The number of nitrogens with one attached hydrogen (secondary N) is 1. The van der Waals surface area contributed by atoms with Gasteiger partial charge in [-0.2, -0.15) is 4.98 Å². The van der Waals surface area contributed by atoms with Crippen LogP contribution in [0.4, 0.5) is 5.82 Å². The van der Waals surface area contributed by atoms with Crippen molar-refractivity contribution in [3.05, 3.63) is 78.6 Å². The standard InChI is InChI=1S/C20H16N4OS/c26-18-8-4-2-6-15(18)12-23-19-9-10-21-20(24-19)25-16-11-14-5-1-3-7-17(14)22-13-16/h1-11,13,26H,12H2,(H,21,23,24). The lowest BCUT2D eigenvalue weighted by atomic mass is 10.2. The SMILES string of the molecule is Sc1ccccc1CNc1ccnc(Oc2cnc3ccccc3c2)n1. The lowest BCUT2D eigenvalue weighted by Gasteiger charge is -2.09. The summed E-state index contributed by atoms with van der Waals surface area (Å²) in [4.78, 5) is 13.9. The molecule has 0 aliphatic heterocycles. The zero-order valence-corrected chi connectivity index (χ0v) is 14.7. The lowest BCUT2D eigenvalue weighted by molar-refractivity contribution is 0.441. The second-order valence-corrected chi connectivity index (χ2v) is 6.15. The van der Waals surface area contributed by atoms with Crippen LogP contribution in [0.5, 0.6) is 11.8 Å². The number of rotatable bonds is 5. The van der Waals surface area contributed by atoms with E-state index in [1.165, 1.54) is 0 Å². The maximum Gasteiger partial charge on any atom is 0.323 e. The predicted octanol–water partition coefficient (Wildman–Crippen LogP) is 4.72. The second kappa shape index (κ2) is 7.41. The van der Waals surface area contributed by atoms with E-state index < -0.39 is 0 Å². The molecule has 6 heteroatoms. The number of fused-ring (bicyclic) bond motifs is 1. The minimum Gasteiger partial charge on any atom is -0.423 e. The summed E-state index contributed by atoms with van der Waals surface area (Å²) in [5, 5.41) is 4.27. The van der Waals surface area contributed by atoms with Gasteiger partial charge in [0, 0.05) is 23.0 Å². The van der Waals surface area contributed by atoms with E-state index in [0.29, 0.717) is 18.1 Å². The van der Waals surface area contributed by atoms with Gasteiger partial charge in [0.2, 0.25) is 0 Å². The molecule has 0 spiro atoms. The third-order valence-electron chi connectivity index (χ3n) is 3.86. The summed E-state index contributed by atoms with van der Waals surface area (Å²) in [6.07, 6.45) is 3.33. The molecular weight excluding hydrogens is 344 g/mol. The van der Waals surface area contributed by atoms with Gasteiger partial charge in [0.25, 0.3) is 0 Å². The summed E-state index contributed by atoms with van der Waals surface area (Å²) in [5.74, 6) is 1.28. The Bertz CT molecular complexity index is 1050. The van der Waals surface area contributed by atoms with E-state index in [-0.39, 0.29) is 6.01 Å². The van der Waals surface area contributed by atoms with Crippen molar-refractivity contribution < 1.29 is 4.74 Å². The first kappa shape index (κ1) is 16.4. The molecule has 2 heterocycles. The van der Waals surface area contributed by atoms with E-state index >= 15 is 0 Å². The summed E-state index contributed by atoms with van der Waals surface area (Å²) in [5.41, 5.74) is 2.01. The number of ether oxygens (including phenoxy) is 1. The number of pyridine rings is 1. The number of benzene rings is 2. The van der Waals surface area contributed by atoms with E-state index in [4.69, 9.17) is 4.74 Å². The predicted molar refractivity (Wildman–Crippen MR) is 105 cm³/mol. The Morgan fingerprint density at radius 3 is 2.73 bits per heavy atom. The minimum absolute atomic E-state index is 0.270. The van der Waals surface area contributed by atoms with Gasteiger partial charge >= 0.3 is 6.01 Å². The zero-order valence-electron chi connectivity index (χ0n) is 13.8. The van der Waals surface area contributed by atoms with Crippen molar-refractivity contribution in [2.75, 3.05) is 5.32 Å². The molecule has 2 aromatic carbocycles. The fraction of sp³-hybridized carbons (Fsp3) is 0.0500. The van der Waals surface area contributed by atoms with Crippen molar-refractivity contribution in [3.8, 4) is 11.8 Å². The quantitative estimate of drug-likeness (QED) is 0.504. The van der Waals surface area contributed by atoms with Crippen LogP contribution in [-0.4, -0.2) is 15.0 Å². The zero-order chi connectivity index (χ0) is 17.8. The molecule has 26 heavy (non-hydrogen) atoms. The Kier molecular flexibility index (Phi) is 4.66. The van der Waals surface area contributed by atoms with Crippen LogP contribution in [0.1, 0.15) is 5.56 Å². The number of hydrogen-bond donors (Lipinski definition) is 2. The van der Waals surface area contributed by atoms with Crippen molar-refractivity contribution >= 4 is 29.3 Å².